The smallest absolute Gasteiger partial charge is 0.412 e. The minimum absolute atomic E-state index is 0.116. The van der Waals surface area contributed by atoms with Gasteiger partial charge in [-0.2, -0.15) is 0 Å². The number of likely N-dealkylation sites (tertiary alicyclic amines) is 1. The molecule has 3 atom stereocenters. The van der Waals surface area contributed by atoms with Crippen molar-refractivity contribution in [2.75, 3.05) is 6.54 Å². The van der Waals surface area contributed by atoms with E-state index in [4.69, 9.17) is 4.74 Å². The Hall–Kier alpha value is -1.63. The van der Waals surface area contributed by atoms with Crippen molar-refractivity contribution >= 4 is 27.5 Å². The van der Waals surface area contributed by atoms with Crippen molar-refractivity contribution in [1.29, 1.82) is 0 Å². The second kappa shape index (κ2) is 7.18. The third kappa shape index (κ3) is 3.87. The van der Waals surface area contributed by atoms with Gasteiger partial charge in [0, 0.05) is 21.7 Å². The largest absolute Gasteiger partial charge is 0.444 e. The second-order valence-corrected chi connectivity index (χ2v) is 9.01. The van der Waals surface area contributed by atoms with Gasteiger partial charge in [0.25, 0.3) is 0 Å². The predicted octanol–water partition coefficient (Wildman–Crippen LogP) is 4.39. The Morgan fingerprint density at radius 2 is 2.04 bits per heavy atom. The highest BCUT2D eigenvalue weighted by atomic mass is 32.1. The number of piperidine rings is 1. The number of ether oxygens (including phenoxy) is 1. The van der Waals surface area contributed by atoms with Crippen molar-refractivity contribution in [2.24, 2.45) is 0 Å². The first-order valence-corrected chi connectivity index (χ1v) is 9.86. The van der Waals surface area contributed by atoms with Crippen molar-refractivity contribution in [1.82, 2.24) is 4.90 Å². The van der Waals surface area contributed by atoms with Gasteiger partial charge in [-0.15, -0.1) is 11.3 Å². The zero-order valence-corrected chi connectivity index (χ0v) is 16.5. The first-order chi connectivity index (χ1) is 12.2. The molecule has 3 rings (SSSR count). The van der Waals surface area contributed by atoms with E-state index in [0.29, 0.717) is 13.0 Å². The van der Waals surface area contributed by atoms with E-state index in [1.165, 1.54) is 4.90 Å². The second-order valence-electron chi connectivity index (χ2n) is 7.93. The summed E-state index contributed by atoms with van der Waals surface area (Å²) in [5.74, 6) is 0.116. The van der Waals surface area contributed by atoms with Crippen LogP contribution in [0.1, 0.15) is 63.0 Å². The number of aliphatic hydroxyl groups is 2. The lowest BCUT2D eigenvalue weighted by molar-refractivity contribution is -0.0491. The monoisotopic (exact) mass is 377 g/mol. The van der Waals surface area contributed by atoms with Gasteiger partial charge in [0.1, 0.15) is 11.8 Å². The number of fused-ring (bicyclic) bond motifs is 1. The van der Waals surface area contributed by atoms with Crippen LogP contribution in [0.5, 0.6) is 0 Å². The van der Waals surface area contributed by atoms with Crippen LogP contribution in [0.4, 0.5) is 4.79 Å². The first kappa shape index (κ1) is 19.1. The molecule has 26 heavy (non-hydrogen) atoms. The number of thiophene rings is 1. The van der Waals surface area contributed by atoms with Gasteiger partial charge in [-0.25, -0.2) is 4.79 Å². The number of benzene rings is 1. The van der Waals surface area contributed by atoms with Gasteiger partial charge in [0.05, 0.1) is 6.10 Å². The lowest BCUT2D eigenvalue weighted by atomic mass is 9.90. The number of nitrogens with zero attached hydrogens (tertiary/aromatic N) is 1. The van der Waals surface area contributed by atoms with Crippen LogP contribution < -0.4 is 0 Å². The first-order valence-electron chi connectivity index (χ1n) is 9.04. The lowest BCUT2D eigenvalue weighted by Gasteiger charge is -2.37. The fourth-order valence-electron chi connectivity index (χ4n) is 3.53. The van der Waals surface area contributed by atoms with Crippen molar-refractivity contribution < 1.29 is 19.7 Å². The van der Waals surface area contributed by atoms with Crippen LogP contribution in [0.2, 0.25) is 0 Å². The molecule has 1 amide bonds. The fourth-order valence-corrected chi connectivity index (χ4v) is 4.98. The predicted molar refractivity (Wildman–Crippen MR) is 103 cm³/mol. The van der Waals surface area contributed by atoms with Crippen LogP contribution in [0.25, 0.3) is 10.1 Å². The third-order valence-electron chi connectivity index (χ3n) is 4.65. The van der Waals surface area contributed by atoms with E-state index >= 15 is 0 Å². The maximum Gasteiger partial charge on any atom is 0.412 e. The van der Waals surface area contributed by atoms with Crippen LogP contribution in [0, 0.1) is 0 Å². The van der Waals surface area contributed by atoms with Crippen LogP contribution >= 0.6 is 11.3 Å². The van der Waals surface area contributed by atoms with Crippen LogP contribution in [-0.4, -0.2) is 39.6 Å². The Labute approximate surface area is 158 Å². The van der Waals surface area contributed by atoms with E-state index in [0.717, 1.165) is 26.9 Å². The average Bonchev–Trinajstić information content (AvgIpc) is 2.92. The zero-order chi connectivity index (χ0) is 19.1. The van der Waals surface area contributed by atoms with Crippen molar-refractivity contribution in [2.45, 2.75) is 64.4 Å². The molecule has 1 aromatic carbocycles. The van der Waals surface area contributed by atoms with Crippen LogP contribution in [0.3, 0.4) is 0 Å². The van der Waals surface area contributed by atoms with E-state index < -0.39 is 24.0 Å². The van der Waals surface area contributed by atoms with Gasteiger partial charge in [-0.3, -0.25) is 4.90 Å². The molecule has 142 valence electrons. The molecular formula is C20H27NO4S. The summed E-state index contributed by atoms with van der Waals surface area (Å²) >= 11 is 1.67. The van der Waals surface area contributed by atoms with Crippen LogP contribution in [-0.2, 0) is 4.74 Å². The molecule has 2 heterocycles. The Morgan fingerprint density at radius 1 is 1.35 bits per heavy atom. The van der Waals surface area contributed by atoms with E-state index in [9.17, 15) is 15.0 Å². The highest BCUT2D eigenvalue weighted by Crippen LogP contribution is 2.43. The average molecular weight is 378 g/mol. The zero-order valence-electron chi connectivity index (χ0n) is 15.7. The molecule has 3 unspecified atom stereocenters. The molecular weight excluding hydrogens is 350 g/mol. The van der Waals surface area contributed by atoms with Crippen molar-refractivity contribution in [3.8, 4) is 0 Å². The Balaban J connectivity index is 1.82. The Kier molecular flexibility index (Phi) is 5.28. The molecule has 0 saturated carbocycles. The molecule has 0 bridgehead atoms. The van der Waals surface area contributed by atoms with Gasteiger partial charge in [0.15, 0.2) is 0 Å². The molecule has 1 aliphatic heterocycles. The number of carbonyl (C=O) groups is 1. The summed E-state index contributed by atoms with van der Waals surface area (Å²) in [6.07, 6.45) is -0.734. The fraction of sp³-hybridized carbons (Fsp3) is 0.550. The quantitative estimate of drug-likeness (QED) is 0.814. The third-order valence-corrected chi connectivity index (χ3v) is 6.00. The van der Waals surface area contributed by atoms with Gasteiger partial charge in [-0.05, 0) is 57.9 Å². The standard InChI is InChI=1S/C20H27NO4S/c1-12(22)17-14-7-5-6-8-15(14)26-18(17)13-9-10-21(16(23)11-13)19(24)25-20(2,3)4/h5-8,12-13,16,22-23H,9-11H2,1-4H3. The van der Waals surface area contributed by atoms with Crippen molar-refractivity contribution in [3.63, 3.8) is 0 Å². The SMILES string of the molecule is CC(O)c1c(C2CCN(C(=O)OC(C)(C)C)C(O)C2)sc2ccccc12. The summed E-state index contributed by atoms with van der Waals surface area (Å²) in [6.45, 7) is 7.67. The van der Waals surface area contributed by atoms with Crippen molar-refractivity contribution in [3.05, 3.63) is 34.7 Å². The van der Waals surface area contributed by atoms with Gasteiger partial charge >= 0.3 is 6.09 Å². The van der Waals surface area contributed by atoms with Gasteiger partial charge < -0.3 is 14.9 Å². The van der Waals surface area contributed by atoms with Gasteiger partial charge in [0.2, 0.25) is 0 Å². The molecule has 2 aromatic rings. The maximum absolute atomic E-state index is 12.3. The van der Waals surface area contributed by atoms with Gasteiger partial charge in [-0.1, -0.05) is 18.2 Å². The topological polar surface area (TPSA) is 70.0 Å². The lowest BCUT2D eigenvalue weighted by Crippen LogP contribution is -2.47. The number of amides is 1. The highest BCUT2D eigenvalue weighted by Gasteiger charge is 2.35. The minimum Gasteiger partial charge on any atom is -0.444 e. The molecule has 0 radical (unpaired) electrons. The normalized spacial score (nSPS) is 22.5. The van der Waals surface area contributed by atoms with E-state index in [2.05, 4.69) is 6.07 Å². The summed E-state index contributed by atoms with van der Waals surface area (Å²) in [7, 11) is 0. The summed E-state index contributed by atoms with van der Waals surface area (Å²) < 4.78 is 6.53. The number of rotatable bonds is 2. The Morgan fingerprint density at radius 3 is 2.65 bits per heavy atom. The molecule has 2 N–H and O–H groups in total. The highest BCUT2D eigenvalue weighted by molar-refractivity contribution is 7.19. The molecule has 6 heteroatoms. The summed E-state index contributed by atoms with van der Waals surface area (Å²) in [5, 5.41) is 21.9. The summed E-state index contributed by atoms with van der Waals surface area (Å²) in [4.78, 5) is 14.8. The molecule has 1 fully saturated rings. The molecule has 0 aliphatic carbocycles. The van der Waals surface area contributed by atoms with E-state index in [-0.39, 0.29) is 5.92 Å². The number of hydrogen-bond donors (Lipinski definition) is 2. The number of hydrogen-bond acceptors (Lipinski definition) is 5. The molecule has 1 aromatic heterocycles. The van der Waals surface area contributed by atoms with Crippen LogP contribution in [0.15, 0.2) is 24.3 Å². The molecule has 0 spiro atoms. The number of aliphatic hydroxyl groups excluding tert-OH is 2. The Bertz CT molecular complexity index is 793. The number of carbonyl (C=O) groups excluding carboxylic acids is 1. The minimum atomic E-state index is -0.879. The summed E-state index contributed by atoms with van der Waals surface area (Å²) in [5.41, 5.74) is 0.368. The van der Waals surface area contributed by atoms with E-state index in [1.54, 1.807) is 18.3 Å². The molecule has 1 saturated heterocycles. The molecule has 1 aliphatic rings. The van der Waals surface area contributed by atoms with E-state index in [1.807, 2.05) is 39.0 Å². The maximum atomic E-state index is 12.3. The molecule has 5 nitrogen and oxygen atoms in total. The summed E-state index contributed by atoms with van der Waals surface area (Å²) in [6, 6.07) is 8.06.